The number of fused-ring (bicyclic) bond motifs is 1. The number of nitrogens with zero attached hydrogens (tertiary/aromatic N) is 5. The largest absolute Gasteiger partial charge is 0.366 e. The monoisotopic (exact) mass is 494 g/mol. The van der Waals surface area contributed by atoms with Crippen molar-refractivity contribution in [2.45, 2.75) is 31.7 Å². The Morgan fingerprint density at radius 3 is 2.89 bits per heavy atom. The number of aliphatic imine (C=N–C) groups is 1. The smallest absolute Gasteiger partial charge is 0.193 e. The van der Waals surface area contributed by atoms with E-state index in [1.54, 1.807) is 0 Å². The van der Waals surface area contributed by atoms with Gasteiger partial charge in [-0.25, -0.2) is 0 Å². The third-order valence-electron chi connectivity index (χ3n) is 5.91. The summed E-state index contributed by atoms with van der Waals surface area (Å²) in [5, 5.41) is 7.93. The van der Waals surface area contributed by atoms with Crippen LogP contribution in [-0.4, -0.2) is 59.9 Å². The van der Waals surface area contributed by atoms with Gasteiger partial charge in [-0.05, 0) is 37.0 Å². The van der Waals surface area contributed by atoms with Gasteiger partial charge in [-0.1, -0.05) is 18.2 Å². The lowest BCUT2D eigenvalue weighted by Crippen LogP contribution is -2.46. The highest BCUT2D eigenvalue weighted by atomic mass is 127. The quantitative estimate of drug-likeness (QED) is 0.404. The van der Waals surface area contributed by atoms with E-state index in [4.69, 9.17) is 0 Å². The van der Waals surface area contributed by atoms with Crippen LogP contribution in [0.25, 0.3) is 0 Å². The fourth-order valence-electron chi connectivity index (χ4n) is 4.38. The summed E-state index contributed by atoms with van der Waals surface area (Å²) >= 11 is 0. The van der Waals surface area contributed by atoms with Crippen molar-refractivity contribution in [2.75, 3.05) is 38.1 Å². The van der Waals surface area contributed by atoms with Crippen molar-refractivity contribution in [3.05, 3.63) is 47.8 Å². The van der Waals surface area contributed by atoms with Gasteiger partial charge in [-0.2, -0.15) is 5.10 Å². The Balaban J connectivity index is 0.00000225. The van der Waals surface area contributed by atoms with E-state index in [9.17, 15) is 0 Å². The van der Waals surface area contributed by atoms with Gasteiger partial charge in [0.1, 0.15) is 0 Å². The van der Waals surface area contributed by atoms with Gasteiger partial charge in [0.2, 0.25) is 0 Å². The van der Waals surface area contributed by atoms with Crippen molar-refractivity contribution in [3.8, 4) is 0 Å². The average Bonchev–Trinajstić information content (AvgIpc) is 3.41. The number of anilines is 1. The molecule has 2 unspecified atom stereocenters. The first-order chi connectivity index (χ1) is 13.2. The second kappa shape index (κ2) is 9.15. The first kappa shape index (κ1) is 21.0. The van der Waals surface area contributed by atoms with Crippen LogP contribution in [0.5, 0.6) is 0 Å². The molecule has 2 atom stereocenters. The minimum absolute atomic E-state index is 0. The Morgan fingerprint density at radius 1 is 1.32 bits per heavy atom. The lowest BCUT2D eigenvalue weighted by atomic mass is 10.0. The zero-order chi connectivity index (χ0) is 18.8. The molecule has 6 nitrogen and oxygen atoms in total. The highest BCUT2D eigenvalue weighted by molar-refractivity contribution is 14.0. The molecule has 0 saturated carbocycles. The lowest BCUT2D eigenvalue weighted by Gasteiger charge is -2.29. The Morgan fingerprint density at radius 2 is 2.14 bits per heavy atom. The van der Waals surface area contributed by atoms with E-state index in [1.165, 1.54) is 16.8 Å². The number of para-hydroxylation sites is 1. The number of rotatable bonds is 4. The van der Waals surface area contributed by atoms with Crippen LogP contribution in [0.2, 0.25) is 0 Å². The molecule has 0 radical (unpaired) electrons. The predicted octanol–water partition coefficient (Wildman–Crippen LogP) is 2.85. The molecule has 4 rings (SSSR count). The molecule has 1 aromatic heterocycles. The number of likely N-dealkylation sites (tertiary alicyclic amines) is 1. The van der Waals surface area contributed by atoms with E-state index >= 15 is 0 Å². The van der Waals surface area contributed by atoms with Crippen LogP contribution < -0.4 is 10.2 Å². The molecule has 1 aromatic carbocycles. The predicted molar refractivity (Wildman–Crippen MR) is 126 cm³/mol. The van der Waals surface area contributed by atoms with Crippen LogP contribution in [-0.2, 0) is 13.5 Å². The highest BCUT2D eigenvalue weighted by Gasteiger charge is 2.28. The molecule has 2 aliphatic heterocycles. The molecular formula is C21H31IN6. The average molecular weight is 494 g/mol. The van der Waals surface area contributed by atoms with Crippen LogP contribution in [0, 0.1) is 0 Å². The van der Waals surface area contributed by atoms with Gasteiger partial charge in [0.25, 0.3) is 0 Å². The van der Waals surface area contributed by atoms with Gasteiger partial charge in [-0.3, -0.25) is 9.67 Å². The van der Waals surface area contributed by atoms with Crippen LogP contribution in [0.1, 0.15) is 30.4 Å². The van der Waals surface area contributed by atoms with Crippen molar-refractivity contribution in [1.29, 1.82) is 0 Å². The zero-order valence-corrected chi connectivity index (χ0v) is 19.3. The molecule has 2 aromatic rings. The van der Waals surface area contributed by atoms with Crippen LogP contribution in [0.4, 0.5) is 5.69 Å². The van der Waals surface area contributed by atoms with Crippen LogP contribution in [0.15, 0.2) is 41.7 Å². The SMILES string of the molecule is CN=C(NCC(C)N1CCc2ccccc21)N1CCC(c2cnn(C)c2)C1.I. The standard InChI is InChI=1S/C21H30N6.HI/c1-16(27-11-9-17-6-4-5-7-20(17)27)12-23-21(22-2)26-10-8-18(15-26)19-13-24-25(3)14-19;/h4-7,13-14,16,18H,8-12,15H2,1-3H3,(H,22,23);1H. The number of halogens is 1. The van der Waals surface area contributed by atoms with E-state index in [1.807, 2.05) is 25.0 Å². The number of aryl methyl sites for hydroxylation is 1. The molecule has 1 fully saturated rings. The molecule has 0 amide bonds. The zero-order valence-electron chi connectivity index (χ0n) is 17.0. The lowest BCUT2D eigenvalue weighted by molar-refractivity contribution is 0.479. The van der Waals surface area contributed by atoms with E-state index in [0.717, 1.165) is 45.0 Å². The van der Waals surface area contributed by atoms with Gasteiger partial charge in [0.05, 0.1) is 6.20 Å². The van der Waals surface area contributed by atoms with Crippen molar-refractivity contribution in [1.82, 2.24) is 20.0 Å². The maximum absolute atomic E-state index is 4.54. The van der Waals surface area contributed by atoms with Crippen molar-refractivity contribution >= 4 is 35.6 Å². The van der Waals surface area contributed by atoms with Crippen molar-refractivity contribution in [2.24, 2.45) is 12.0 Å². The Bertz CT molecular complexity index is 817. The second-order valence-electron chi connectivity index (χ2n) is 7.73. The van der Waals surface area contributed by atoms with Crippen LogP contribution in [0.3, 0.4) is 0 Å². The van der Waals surface area contributed by atoms with E-state index < -0.39 is 0 Å². The van der Waals surface area contributed by atoms with Gasteiger partial charge >= 0.3 is 0 Å². The van der Waals surface area contributed by atoms with Gasteiger partial charge in [0, 0.05) is 64.1 Å². The van der Waals surface area contributed by atoms with Crippen molar-refractivity contribution < 1.29 is 0 Å². The normalized spacial score (nSPS) is 20.1. The first-order valence-corrected chi connectivity index (χ1v) is 9.94. The molecule has 0 aliphatic carbocycles. The minimum atomic E-state index is 0. The highest BCUT2D eigenvalue weighted by Crippen LogP contribution is 2.29. The first-order valence-electron chi connectivity index (χ1n) is 9.94. The molecule has 1 N–H and O–H groups in total. The van der Waals surface area contributed by atoms with E-state index in [0.29, 0.717) is 12.0 Å². The maximum Gasteiger partial charge on any atom is 0.193 e. The van der Waals surface area contributed by atoms with Gasteiger partial charge in [0.15, 0.2) is 5.96 Å². The third-order valence-corrected chi connectivity index (χ3v) is 5.91. The van der Waals surface area contributed by atoms with Gasteiger partial charge in [-0.15, -0.1) is 24.0 Å². The number of guanidine groups is 1. The third kappa shape index (κ3) is 4.29. The summed E-state index contributed by atoms with van der Waals surface area (Å²) in [4.78, 5) is 9.43. The van der Waals surface area contributed by atoms with E-state index in [-0.39, 0.29) is 24.0 Å². The summed E-state index contributed by atoms with van der Waals surface area (Å²) in [7, 11) is 3.87. The van der Waals surface area contributed by atoms with Crippen LogP contribution >= 0.6 is 24.0 Å². The number of nitrogens with one attached hydrogen (secondary N) is 1. The number of benzene rings is 1. The second-order valence-corrected chi connectivity index (χ2v) is 7.73. The summed E-state index contributed by atoms with van der Waals surface area (Å²) in [5.74, 6) is 1.56. The van der Waals surface area contributed by atoms with Crippen molar-refractivity contribution in [3.63, 3.8) is 0 Å². The van der Waals surface area contributed by atoms with E-state index in [2.05, 4.69) is 62.6 Å². The summed E-state index contributed by atoms with van der Waals surface area (Å²) < 4.78 is 1.89. The molecule has 2 aliphatic rings. The maximum atomic E-state index is 4.54. The molecule has 1 saturated heterocycles. The van der Waals surface area contributed by atoms with Gasteiger partial charge < -0.3 is 15.1 Å². The molecule has 7 heteroatoms. The number of hydrogen-bond acceptors (Lipinski definition) is 3. The fraction of sp³-hybridized carbons (Fsp3) is 0.524. The molecule has 3 heterocycles. The summed E-state index contributed by atoms with van der Waals surface area (Å²) in [6.07, 6.45) is 6.43. The number of aromatic nitrogens is 2. The Hall–Kier alpha value is -1.77. The summed E-state index contributed by atoms with van der Waals surface area (Å²) in [6, 6.07) is 9.20. The Kier molecular flexibility index (Phi) is 6.85. The molecule has 28 heavy (non-hydrogen) atoms. The number of hydrogen-bond donors (Lipinski definition) is 1. The summed E-state index contributed by atoms with van der Waals surface area (Å²) in [6.45, 7) is 6.35. The molecule has 0 bridgehead atoms. The molecular weight excluding hydrogens is 463 g/mol. The topological polar surface area (TPSA) is 48.7 Å². The minimum Gasteiger partial charge on any atom is -0.366 e. The molecule has 152 valence electrons. The Labute approximate surface area is 185 Å². The summed E-state index contributed by atoms with van der Waals surface area (Å²) in [5.41, 5.74) is 4.18. The fourth-order valence-corrected chi connectivity index (χ4v) is 4.38. The molecule has 0 spiro atoms.